The number of ketones is 1. The summed E-state index contributed by atoms with van der Waals surface area (Å²) in [5.74, 6) is -0.234. The largest absolute Gasteiger partial charge is 0.456 e. The Kier molecular flexibility index (Phi) is 5.67. The second kappa shape index (κ2) is 7.67. The van der Waals surface area contributed by atoms with E-state index in [9.17, 15) is 14.4 Å². The first kappa shape index (κ1) is 19.9. The molecule has 2 atom stereocenters. The SMILES string of the molecule is COCCn1c(C)cc(C(=O)COC(=O)[C@H]2CS[C@]3(C)CCC(=O)N23)c1C. The van der Waals surface area contributed by atoms with Crippen molar-refractivity contribution in [3.05, 3.63) is 23.0 Å². The molecular weight excluding hydrogens is 368 g/mol. The highest BCUT2D eigenvalue weighted by atomic mass is 32.2. The Hall–Kier alpha value is -1.80. The lowest BCUT2D eigenvalue weighted by molar-refractivity contribution is -0.152. The van der Waals surface area contributed by atoms with E-state index in [1.807, 2.05) is 31.4 Å². The summed E-state index contributed by atoms with van der Waals surface area (Å²) in [6.07, 6.45) is 1.20. The minimum absolute atomic E-state index is 0.0162. The van der Waals surface area contributed by atoms with Crippen LogP contribution in [0.2, 0.25) is 0 Å². The number of ether oxygens (including phenoxy) is 2. The number of amides is 1. The van der Waals surface area contributed by atoms with Gasteiger partial charge in [0.15, 0.2) is 6.61 Å². The number of methoxy groups -OCH3 is 1. The number of hydrogen-bond donors (Lipinski definition) is 0. The Balaban J connectivity index is 1.63. The van der Waals surface area contributed by atoms with Crippen LogP contribution in [0.1, 0.15) is 41.5 Å². The maximum atomic E-state index is 12.6. The molecular formula is C19H26N2O5S. The molecule has 8 heteroatoms. The van der Waals surface area contributed by atoms with Crippen LogP contribution < -0.4 is 0 Å². The molecule has 2 saturated heterocycles. The zero-order valence-corrected chi connectivity index (χ0v) is 17.1. The Bertz CT molecular complexity index is 774. The van der Waals surface area contributed by atoms with Gasteiger partial charge in [0.1, 0.15) is 6.04 Å². The molecule has 0 saturated carbocycles. The van der Waals surface area contributed by atoms with Crippen molar-refractivity contribution in [3.8, 4) is 0 Å². The summed E-state index contributed by atoms with van der Waals surface area (Å²) in [5.41, 5.74) is 2.36. The number of rotatable bonds is 7. The fraction of sp³-hybridized carbons (Fsp3) is 0.632. The van der Waals surface area contributed by atoms with Crippen molar-refractivity contribution in [2.24, 2.45) is 0 Å². The summed E-state index contributed by atoms with van der Waals surface area (Å²) in [4.78, 5) is 38.5. The fourth-order valence-electron chi connectivity index (χ4n) is 3.92. The molecule has 0 spiro atoms. The number of nitrogens with zero attached hydrogens (tertiary/aromatic N) is 2. The minimum atomic E-state index is -0.600. The summed E-state index contributed by atoms with van der Waals surface area (Å²) < 4.78 is 12.4. The molecule has 0 bridgehead atoms. The minimum Gasteiger partial charge on any atom is -0.456 e. The van der Waals surface area contributed by atoms with Gasteiger partial charge in [0.2, 0.25) is 11.7 Å². The van der Waals surface area contributed by atoms with Gasteiger partial charge in [-0.3, -0.25) is 9.59 Å². The van der Waals surface area contributed by atoms with Gasteiger partial charge in [-0.25, -0.2) is 4.79 Å². The highest BCUT2D eigenvalue weighted by Crippen LogP contribution is 2.47. The molecule has 148 valence electrons. The average Bonchev–Trinajstić information content (AvgIpc) is 3.23. The molecule has 27 heavy (non-hydrogen) atoms. The molecule has 1 aromatic rings. The maximum Gasteiger partial charge on any atom is 0.330 e. The number of fused-ring (bicyclic) bond motifs is 1. The first-order valence-corrected chi connectivity index (χ1v) is 10.1. The number of hydrogen-bond acceptors (Lipinski definition) is 6. The van der Waals surface area contributed by atoms with Gasteiger partial charge in [-0.15, -0.1) is 11.8 Å². The van der Waals surface area contributed by atoms with E-state index >= 15 is 0 Å². The number of aromatic nitrogens is 1. The first-order chi connectivity index (χ1) is 12.8. The van der Waals surface area contributed by atoms with E-state index in [1.165, 1.54) is 0 Å². The van der Waals surface area contributed by atoms with Crippen LogP contribution in [0.3, 0.4) is 0 Å². The monoisotopic (exact) mass is 394 g/mol. The molecule has 7 nitrogen and oxygen atoms in total. The van der Waals surface area contributed by atoms with Crippen LogP contribution in [0.5, 0.6) is 0 Å². The van der Waals surface area contributed by atoms with Crippen LogP contribution in [-0.2, 0) is 25.6 Å². The molecule has 0 aromatic carbocycles. The third-order valence-electron chi connectivity index (χ3n) is 5.46. The zero-order chi connectivity index (χ0) is 19.8. The summed E-state index contributed by atoms with van der Waals surface area (Å²) in [6, 6.07) is 1.21. The van der Waals surface area contributed by atoms with E-state index in [1.54, 1.807) is 23.8 Å². The first-order valence-electron chi connectivity index (χ1n) is 9.10. The highest BCUT2D eigenvalue weighted by Gasteiger charge is 2.53. The van der Waals surface area contributed by atoms with Crippen LogP contribution in [0, 0.1) is 13.8 Å². The van der Waals surface area contributed by atoms with Gasteiger partial charge in [0, 0.05) is 42.8 Å². The van der Waals surface area contributed by atoms with E-state index in [-0.39, 0.29) is 23.2 Å². The lowest BCUT2D eigenvalue weighted by Crippen LogP contribution is -2.46. The van der Waals surface area contributed by atoms with Crippen LogP contribution in [0.15, 0.2) is 6.07 Å². The van der Waals surface area contributed by atoms with Crippen molar-refractivity contribution in [3.63, 3.8) is 0 Å². The van der Waals surface area contributed by atoms with E-state index in [0.29, 0.717) is 30.9 Å². The predicted octanol–water partition coefficient (Wildman–Crippen LogP) is 1.93. The van der Waals surface area contributed by atoms with Crippen molar-refractivity contribution in [2.75, 3.05) is 26.1 Å². The van der Waals surface area contributed by atoms with Crippen molar-refractivity contribution >= 4 is 29.4 Å². The van der Waals surface area contributed by atoms with Crippen LogP contribution in [0.4, 0.5) is 0 Å². The summed E-state index contributed by atoms with van der Waals surface area (Å²) in [5, 5.41) is 0. The number of thioether (sulfide) groups is 1. The lowest BCUT2D eigenvalue weighted by atomic mass is 10.1. The summed E-state index contributed by atoms with van der Waals surface area (Å²) in [7, 11) is 1.64. The Labute approximate surface area is 163 Å². The number of Topliss-reactive ketones (excluding diaryl/α,β-unsaturated/α-hetero) is 1. The second-order valence-electron chi connectivity index (χ2n) is 7.23. The van der Waals surface area contributed by atoms with Crippen LogP contribution >= 0.6 is 11.8 Å². The molecule has 2 fully saturated rings. The Morgan fingerprint density at radius 1 is 1.37 bits per heavy atom. The normalized spacial score (nSPS) is 24.4. The van der Waals surface area contributed by atoms with E-state index in [4.69, 9.17) is 9.47 Å². The topological polar surface area (TPSA) is 77.8 Å². The van der Waals surface area contributed by atoms with Gasteiger partial charge in [-0.05, 0) is 33.3 Å². The molecule has 0 N–H and O–H groups in total. The zero-order valence-electron chi connectivity index (χ0n) is 16.2. The van der Waals surface area contributed by atoms with Gasteiger partial charge in [-0.1, -0.05) is 0 Å². The van der Waals surface area contributed by atoms with Crippen molar-refractivity contribution in [1.82, 2.24) is 9.47 Å². The summed E-state index contributed by atoms with van der Waals surface area (Å²) in [6.45, 7) is 6.70. The second-order valence-corrected chi connectivity index (χ2v) is 8.73. The molecule has 1 aromatic heterocycles. The van der Waals surface area contributed by atoms with Crippen LogP contribution in [-0.4, -0.2) is 64.1 Å². The highest BCUT2D eigenvalue weighted by molar-refractivity contribution is 8.01. The molecule has 1 amide bonds. The van der Waals surface area contributed by atoms with E-state index < -0.39 is 12.0 Å². The van der Waals surface area contributed by atoms with Gasteiger partial charge in [0.25, 0.3) is 0 Å². The third kappa shape index (κ3) is 3.65. The molecule has 2 aliphatic rings. The quantitative estimate of drug-likeness (QED) is 0.519. The number of carbonyl (C=O) groups is 3. The smallest absolute Gasteiger partial charge is 0.330 e. The Morgan fingerprint density at radius 3 is 2.81 bits per heavy atom. The molecule has 0 unspecified atom stereocenters. The van der Waals surface area contributed by atoms with E-state index in [0.717, 1.165) is 17.8 Å². The van der Waals surface area contributed by atoms with Crippen molar-refractivity contribution in [2.45, 2.75) is 51.1 Å². The van der Waals surface area contributed by atoms with Crippen molar-refractivity contribution < 1.29 is 23.9 Å². The predicted molar refractivity (Wildman–Crippen MR) is 102 cm³/mol. The van der Waals surface area contributed by atoms with Gasteiger partial charge in [-0.2, -0.15) is 0 Å². The molecule has 0 radical (unpaired) electrons. The molecule has 0 aliphatic carbocycles. The summed E-state index contributed by atoms with van der Waals surface area (Å²) >= 11 is 1.61. The Morgan fingerprint density at radius 2 is 2.11 bits per heavy atom. The lowest BCUT2D eigenvalue weighted by Gasteiger charge is -2.29. The number of esters is 1. The molecule has 3 rings (SSSR count). The third-order valence-corrected chi connectivity index (χ3v) is 6.96. The maximum absolute atomic E-state index is 12.6. The molecule has 3 heterocycles. The van der Waals surface area contributed by atoms with Crippen molar-refractivity contribution in [1.29, 1.82) is 0 Å². The molecule has 2 aliphatic heterocycles. The van der Waals surface area contributed by atoms with E-state index in [2.05, 4.69) is 0 Å². The number of carbonyl (C=O) groups excluding carboxylic acids is 3. The fourth-order valence-corrected chi connectivity index (χ4v) is 5.33. The number of aryl methyl sites for hydroxylation is 1. The van der Waals surface area contributed by atoms with Gasteiger partial charge in [0.05, 0.1) is 11.5 Å². The standard InChI is InChI=1S/C19H26N2O5S/c1-12-9-14(13(2)20(12)7-8-25-4)16(22)10-26-18(24)15-11-27-19(3)6-5-17(23)21(15)19/h9,15H,5-8,10-11H2,1-4H3/t15-,19-/m1/s1. The van der Waals surface area contributed by atoms with Gasteiger partial charge >= 0.3 is 5.97 Å². The van der Waals surface area contributed by atoms with Gasteiger partial charge < -0.3 is 18.9 Å². The average molecular weight is 394 g/mol. The van der Waals surface area contributed by atoms with Crippen LogP contribution in [0.25, 0.3) is 0 Å².